The summed E-state index contributed by atoms with van der Waals surface area (Å²) in [5.74, 6) is 0.0226. The number of hydrogen-bond donors (Lipinski definition) is 1. The maximum absolute atomic E-state index is 12.7. The van der Waals surface area contributed by atoms with Crippen molar-refractivity contribution in [2.45, 2.75) is 40.7 Å². The molecule has 0 spiro atoms. The Hall–Kier alpha value is -1.00. The van der Waals surface area contributed by atoms with E-state index in [9.17, 15) is 4.79 Å². The number of aryl methyl sites for hydroxylation is 1. The Morgan fingerprint density at radius 3 is 2.60 bits per heavy atom. The van der Waals surface area contributed by atoms with Gasteiger partial charge in [0.15, 0.2) is 0 Å². The lowest BCUT2D eigenvalue weighted by Crippen LogP contribution is -2.42. The molecule has 1 rings (SSSR count). The summed E-state index contributed by atoms with van der Waals surface area (Å²) < 4.78 is 1.93. The summed E-state index contributed by atoms with van der Waals surface area (Å²) in [6.07, 6.45) is 2.78. The van der Waals surface area contributed by atoms with Crippen LogP contribution in [0.1, 0.15) is 44.6 Å². The summed E-state index contributed by atoms with van der Waals surface area (Å²) in [7, 11) is 0. The van der Waals surface area contributed by atoms with Gasteiger partial charge >= 0.3 is 0 Å². The topological polar surface area (TPSA) is 51.3 Å². The molecule has 1 amide bonds. The Morgan fingerprint density at radius 2 is 2.10 bits per heavy atom. The molecule has 1 aromatic heterocycles. The number of hydrogen-bond acceptors (Lipinski definition) is 2. The van der Waals surface area contributed by atoms with Crippen LogP contribution in [0.3, 0.4) is 0 Å². The van der Waals surface area contributed by atoms with Gasteiger partial charge in [-0.1, -0.05) is 32.4 Å². The predicted octanol–water partition coefficient (Wildman–Crippen LogP) is 3.00. The molecule has 0 aromatic carbocycles. The zero-order valence-corrected chi connectivity index (χ0v) is 13.7. The molecule has 20 heavy (non-hydrogen) atoms. The van der Waals surface area contributed by atoms with E-state index in [0.29, 0.717) is 30.4 Å². The van der Waals surface area contributed by atoms with Crippen molar-refractivity contribution in [3.05, 3.63) is 23.0 Å². The lowest BCUT2D eigenvalue weighted by atomic mass is 9.93. The first-order valence-corrected chi connectivity index (χ1v) is 7.57. The first-order chi connectivity index (χ1) is 9.34. The number of carbonyl (C=O) groups is 1. The standard InChI is InChI=1S/C15H26ClN3O/c1-5-7-19-9-12(16)8-13(19)14(20)18(6-2)11-15(3,4)10-17/h8-9H,5-7,10-11,17H2,1-4H3. The predicted molar refractivity (Wildman–Crippen MR) is 84.1 cm³/mol. The van der Waals surface area contributed by atoms with E-state index in [-0.39, 0.29) is 11.3 Å². The summed E-state index contributed by atoms with van der Waals surface area (Å²) in [5.41, 5.74) is 6.34. The third kappa shape index (κ3) is 4.25. The fourth-order valence-electron chi connectivity index (χ4n) is 2.15. The lowest BCUT2D eigenvalue weighted by molar-refractivity contribution is 0.0690. The Labute approximate surface area is 126 Å². The maximum Gasteiger partial charge on any atom is 0.270 e. The highest BCUT2D eigenvalue weighted by Crippen LogP contribution is 2.20. The van der Waals surface area contributed by atoms with Crippen LogP contribution in [0.5, 0.6) is 0 Å². The van der Waals surface area contributed by atoms with Crippen LogP contribution in [0.2, 0.25) is 5.02 Å². The van der Waals surface area contributed by atoms with Crippen molar-refractivity contribution in [1.29, 1.82) is 0 Å². The van der Waals surface area contributed by atoms with Gasteiger partial charge in [-0.05, 0) is 31.4 Å². The van der Waals surface area contributed by atoms with Crippen LogP contribution < -0.4 is 5.73 Å². The number of nitrogens with zero attached hydrogens (tertiary/aromatic N) is 2. The highest BCUT2D eigenvalue weighted by molar-refractivity contribution is 6.31. The molecule has 0 radical (unpaired) electrons. The Balaban J connectivity index is 2.96. The molecule has 1 aromatic rings. The lowest BCUT2D eigenvalue weighted by Gasteiger charge is -2.31. The van der Waals surface area contributed by atoms with Crippen LogP contribution in [0.25, 0.3) is 0 Å². The van der Waals surface area contributed by atoms with E-state index in [2.05, 4.69) is 20.8 Å². The van der Waals surface area contributed by atoms with Crippen molar-refractivity contribution < 1.29 is 4.79 Å². The van der Waals surface area contributed by atoms with Crippen molar-refractivity contribution in [2.24, 2.45) is 11.1 Å². The van der Waals surface area contributed by atoms with Gasteiger partial charge < -0.3 is 15.2 Å². The Bertz CT molecular complexity index is 454. The van der Waals surface area contributed by atoms with Gasteiger partial charge in [-0.25, -0.2) is 0 Å². The Kier molecular flexibility index (Phi) is 6.08. The van der Waals surface area contributed by atoms with Crippen molar-refractivity contribution >= 4 is 17.5 Å². The molecule has 0 aliphatic heterocycles. The van der Waals surface area contributed by atoms with Crippen LogP contribution in [-0.4, -0.2) is 35.0 Å². The first-order valence-electron chi connectivity index (χ1n) is 7.19. The minimum absolute atomic E-state index is 0.0226. The van der Waals surface area contributed by atoms with E-state index < -0.39 is 0 Å². The minimum atomic E-state index is -0.0857. The summed E-state index contributed by atoms with van der Waals surface area (Å²) in [5, 5.41) is 0.607. The van der Waals surface area contributed by atoms with E-state index >= 15 is 0 Å². The third-order valence-corrected chi connectivity index (χ3v) is 3.59. The number of amides is 1. The summed E-state index contributed by atoms with van der Waals surface area (Å²) in [6.45, 7) is 10.9. The largest absolute Gasteiger partial charge is 0.342 e. The normalized spacial score (nSPS) is 11.7. The smallest absolute Gasteiger partial charge is 0.270 e. The van der Waals surface area contributed by atoms with Gasteiger partial charge in [-0.15, -0.1) is 0 Å². The quantitative estimate of drug-likeness (QED) is 0.841. The van der Waals surface area contributed by atoms with E-state index in [1.165, 1.54) is 0 Å². The highest BCUT2D eigenvalue weighted by Gasteiger charge is 2.25. The number of carbonyl (C=O) groups excluding carboxylic acids is 1. The summed E-state index contributed by atoms with van der Waals surface area (Å²) >= 11 is 6.04. The molecule has 0 bridgehead atoms. The van der Waals surface area contributed by atoms with Crippen molar-refractivity contribution in [1.82, 2.24) is 9.47 Å². The van der Waals surface area contributed by atoms with E-state index in [1.54, 1.807) is 6.07 Å². The second kappa shape index (κ2) is 7.14. The summed E-state index contributed by atoms with van der Waals surface area (Å²) in [4.78, 5) is 14.5. The maximum atomic E-state index is 12.7. The Morgan fingerprint density at radius 1 is 1.45 bits per heavy atom. The molecule has 0 aliphatic rings. The number of nitrogens with two attached hydrogens (primary N) is 1. The molecule has 0 saturated heterocycles. The van der Waals surface area contributed by atoms with Gasteiger partial charge in [0, 0.05) is 25.8 Å². The monoisotopic (exact) mass is 299 g/mol. The number of rotatable bonds is 7. The average Bonchev–Trinajstić information content (AvgIpc) is 2.76. The van der Waals surface area contributed by atoms with E-state index in [4.69, 9.17) is 17.3 Å². The molecule has 0 unspecified atom stereocenters. The van der Waals surface area contributed by atoms with Gasteiger partial charge in [-0.3, -0.25) is 4.79 Å². The molecule has 0 aliphatic carbocycles. The van der Waals surface area contributed by atoms with Gasteiger partial charge in [-0.2, -0.15) is 0 Å². The zero-order valence-electron chi connectivity index (χ0n) is 12.9. The van der Waals surface area contributed by atoms with Gasteiger partial charge in [0.25, 0.3) is 5.91 Å². The first kappa shape index (κ1) is 17.1. The number of aromatic nitrogens is 1. The third-order valence-electron chi connectivity index (χ3n) is 3.39. The van der Waals surface area contributed by atoms with Crippen LogP contribution in [0.15, 0.2) is 12.3 Å². The fraction of sp³-hybridized carbons (Fsp3) is 0.667. The van der Waals surface area contributed by atoms with Crippen molar-refractivity contribution in [3.63, 3.8) is 0 Å². The molecule has 2 N–H and O–H groups in total. The molecule has 0 atom stereocenters. The second-order valence-electron chi connectivity index (χ2n) is 5.92. The van der Waals surface area contributed by atoms with Gasteiger partial charge in [0.05, 0.1) is 5.02 Å². The number of halogens is 1. The summed E-state index contributed by atoms with van der Waals surface area (Å²) in [6, 6.07) is 1.75. The average molecular weight is 300 g/mol. The van der Waals surface area contributed by atoms with E-state index in [1.807, 2.05) is 22.6 Å². The zero-order chi connectivity index (χ0) is 15.3. The van der Waals surface area contributed by atoms with Crippen LogP contribution in [0, 0.1) is 5.41 Å². The molecular formula is C15H26ClN3O. The van der Waals surface area contributed by atoms with Crippen LogP contribution in [-0.2, 0) is 6.54 Å². The molecular weight excluding hydrogens is 274 g/mol. The molecule has 1 heterocycles. The van der Waals surface area contributed by atoms with Gasteiger partial charge in [0.1, 0.15) is 5.69 Å². The SMILES string of the molecule is CCCn1cc(Cl)cc1C(=O)N(CC)CC(C)(C)CN. The van der Waals surface area contributed by atoms with Crippen LogP contribution in [0.4, 0.5) is 0 Å². The highest BCUT2D eigenvalue weighted by atomic mass is 35.5. The van der Waals surface area contributed by atoms with Crippen LogP contribution >= 0.6 is 11.6 Å². The molecule has 0 saturated carbocycles. The van der Waals surface area contributed by atoms with Gasteiger partial charge in [0.2, 0.25) is 0 Å². The minimum Gasteiger partial charge on any atom is -0.342 e. The molecule has 5 heteroatoms. The van der Waals surface area contributed by atoms with E-state index in [0.717, 1.165) is 13.0 Å². The molecule has 0 fully saturated rings. The second-order valence-corrected chi connectivity index (χ2v) is 6.36. The molecule has 114 valence electrons. The molecule has 4 nitrogen and oxygen atoms in total. The van der Waals surface area contributed by atoms with Crippen molar-refractivity contribution in [2.75, 3.05) is 19.6 Å². The van der Waals surface area contributed by atoms with Crippen molar-refractivity contribution in [3.8, 4) is 0 Å². The fourth-order valence-corrected chi connectivity index (χ4v) is 2.37.